The van der Waals surface area contributed by atoms with Gasteiger partial charge in [-0.15, -0.1) is 11.3 Å². The van der Waals surface area contributed by atoms with Gasteiger partial charge in [0.15, 0.2) is 0 Å². The van der Waals surface area contributed by atoms with E-state index in [0.717, 1.165) is 12.1 Å². The summed E-state index contributed by atoms with van der Waals surface area (Å²) in [5.74, 6) is 6.37. The van der Waals surface area contributed by atoms with E-state index in [2.05, 4.69) is 17.2 Å². The molecular weight excluding hydrogens is 232 g/mol. The van der Waals surface area contributed by atoms with Crippen LogP contribution in [0.1, 0.15) is 34.5 Å². The first-order valence-corrected chi connectivity index (χ1v) is 6.74. The number of carbonyl (C=O) groups is 1. The fraction of sp³-hybridized carbons (Fsp3) is 0.462. The summed E-state index contributed by atoms with van der Waals surface area (Å²) in [5, 5.41) is 4.86. The van der Waals surface area contributed by atoms with Crippen LogP contribution in [0.3, 0.4) is 0 Å². The van der Waals surface area contributed by atoms with Gasteiger partial charge in [-0.25, -0.2) is 0 Å². The van der Waals surface area contributed by atoms with E-state index in [0.29, 0.717) is 17.3 Å². The highest BCUT2D eigenvalue weighted by Gasteiger charge is 2.19. The second-order valence-electron chi connectivity index (χ2n) is 4.18. The lowest BCUT2D eigenvalue weighted by Gasteiger charge is -2.25. The molecule has 1 amide bonds. The van der Waals surface area contributed by atoms with Gasteiger partial charge in [-0.2, -0.15) is 0 Å². The van der Waals surface area contributed by atoms with Crippen molar-refractivity contribution in [2.24, 2.45) is 11.7 Å². The zero-order chi connectivity index (χ0) is 12.1. The number of hydrogen-bond donors (Lipinski definition) is 2. The van der Waals surface area contributed by atoms with Crippen LogP contribution in [0.5, 0.6) is 0 Å². The standard InChI is InChI=1S/C13H16N2OS/c14-7-2-5-11-6-8-17-12(11)13(16)15-9-10-3-1-4-10/h6,8,10H,1,3-4,7,9,14H2,(H,15,16). The monoisotopic (exact) mass is 248 g/mol. The average Bonchev–Trinajstić information content (AvgIpc) is 2.72. The van der Waals surface area contributed by atoms with Crippen molar-refractivity contribution in [3.63, 3.8) is 0 Å². The summed E-state index contributed by atoms with van der Waals surface area (Å²) in [4.78, 5) is 12.6. The van der Waals surface area contributed by atoms with Crippen LogP contribution in [0.4, 0.5) is 0 Å². The van der Waals surface area contributed by atoms with Crippen LogP contribution >= 0.6 is 11.3 Å². The van der Waals surface area contributed by atoms with Crippen molar-refractivity contribution in [1.82, 2.24) is 5.32 Å². The lowest BCUT2D eigenvalue weighted by molar-refractivity contribution is 0.0943. The molecule has 2 rings (SSSR count). The van der Waals surface area contributed by atoms with Gasteiger partial charge < -0.3 is 11.1 Å². The molecule has 1 aliphatic rings. The number of nitrogens with two attached hydrogens (primary N) is 1. The molecule has 3 nitrogen and oxygen atoms in total. The number of hydrogen-bond acceptors (Lipinski definition) is 3. The summed E-state index contributed by atoms with van der Waals surface area (Å²) >= 11 is 1.43. The first-order valence-electron chi connectivity index (χ1n) is 5.86. The highest BCUT2D eigenvalue weighted by atomic mass is 32.1. The normalized spacial score (nSPS) is 14.6. The Hall–Kier alpha value is -1.31. The summed E-state index contributed by atoms with van der Waals surface area (Å²) in [6.07, 6.45) is 3.78. The van der Waals surface area contributed by atoms with Crippen LogP contribution < -0.4 is 11.1 Å². The molecule has 1 aromatic rings. The van der Waals surface area contributed by atoms with Crippen molar-refractivity contribution in [3.8, 4) is 11.8 Å². The van der Waals surface area contributed by atoms with Gasteiger partial charge in [0.1, 0.15) is 4.88 Å². The van der Waals surface area contributed by atoms with E-state index >= 15 is 0 Å². The lowest BCUT2D eigenvalue weighted by Crippen LogP contribution is -2.32. The Labute approximate surface area is 105 Å². The second kappa shape index (κ2) is 5.85. The maximum absolute atomic E-state index is 11.9. The highest BCUT2D eigenvalue weighted by molar-refractivity contribution is 7.12. The molecule has 0 aromatic carbocycles. The predicted molar refractivity (Wildman–Crippen MR) is 69.9 cm³/mol. The molecule has 0 spiro atoms. The largest absolute Gasteiger partial charge is 0.351 e. The fourth-order valence-corrected chi connectivity index (χ4v) is 2.51. The number of amides is 1. The van der Waals surface area contributed by atoms with Crippen LogP contribution in [0, 0.1) is 17.8 Å². The first-order chi connectivity index (χ1) is 8.31. The second-order valence-corrected chi connectivity index (χ2v) is 5.09. The molecule has 90 valence electrons. The van der Waals surface area contributed by atoms with Crippen molar-refractivity contribution in [3.05, 3.63) is 21.9 Å². The Bertz CT molecular complexity index is 451. The first kappa shape index (κ1) is 12.2. The molecule has 0 radical (unpaired) electrons. The number of nitrogens with one attached hydrogen (secondary N) is 1. The quantitative estimate of drug-likeness (QED) is 0.798. The molecule has 0 atom stereocenters. The Balaban J connectivity index is 1.95. The summed E-state index contributed by atoms with van der Waals surface area (Å²) in [7, 11) is 0. The third kappa shape index (κ3) is 3.09. The fourth-order valence-electron chi connectivity index (χ4n) is 1.74. The van der Waals surface area contributed by atoms with Crippen LogP contribution in [0.2, 0.25) is 0 Å². The molecule has 1 heterocycles. The Morgan fingerprint density at radius 3 is 3.06 bits per heavy atom. The lowest BCUT2D eigenvalue weighted by atomic mass is 9.85. The smallest absolute Gasteiger partial charge is 0.262 e. The molecule has 4 heteroatoms. The van der Waals surface area contributed by atoms with Crippen LogP contribution in [-0.4, -0.2) is 19.0 Å². The minimum absolute atomic E-state index is 0.00628. The van der Waals surface area contributed by atoms with Crippen molar-refractivity contribution < 1.29 is 4.79 Å². The predicted octanol–water partition coefficient (Wildman–Crippen LogP) is 1.59. The minimum Gasteiger partial charge on any atom is -0.351 e. The topological polar surface area (TPSA) is 55.1 Å². The van der Waals surface area contributed by atoms with Gasteiger partial charge in [0.2, 0.25) is 0 Å². The molecule has 3 N–H and O–H groups in total. The molecule has 0 bridgehead atoms. The van der Waals surface area contributed by atoms with Gasteiger partial charge in [-0.1, -0.05) is 18.3 Å². The van der Waals surface area contributed by atoms with Crippen LogP contribution in [-0.2, 0) is 0 Å². The Kier molecular flexibility index (Phi) is 4.18. The van der Waals surface area contributed by atoms with E-state index in [1.807, 2.05) is 11.4 Å². The molecule has 1 saturated carbocycles. The van der Waals surface area contributed by atoms with E-state index in [1.165, 1.54) is 30.6 Å². The van der Waals surface area contributed by atoms with Crippen molar-refractivity contribution in [2.75, 3.05) is 13.1 Å². The van der Waals surface area contributed by atoms with E-state index in [9.17, 15) is 4.79 Å². The number of carbonyl (C=O) groups excluding carboxylic acids is 1. The maximum atomic E-state index is 11.9. The van der Waals surface area contributed by atoms with E-state index in [4.69, 9.17) is 5.73 Å². The van der Waals surface area contributed by atoms with Gasteiger partial charge >= 0.3 is 0 Å². The van der Waals surface area contributed by atoms with Crippen molar-refractivity contribution in [2.45, 2.75) is 19.3 Å². The molecule has 0 aliphatic heterocycles. The average molecular weight is 248 g/mol. The SMILES string of the molecule is NCC#Cc1ccsc1C(=O)NCC1CCC1. The van der Waals surface area contributed by atoms with Gasteiger partial charge in [0.05, 0.1) is 6.54 Å². The zero-order valence-electron chi connectivity index (χ0n) is 9.66. The summed E-state index contributed by atoms with van der Waals surface area (Å²) in [6.45, 7) is 1.11. The van der Waals surface area contributed by atoms with E-state index in [1.54, 1.807) is 0 Å². The van der Waals surface area contributed by atoms with E-state index in [-0.39, 0.29) is 5.91 Å². The minimum atomic E-state index is -0.00628. The Morgan fingerprint density at radius 1 is 1.59 bits per heavy atom. The summed E-state index contributed by atoms with van der Waals surface area (Å²) in [5.41, 5.74) is 6.11. The van der Waals surface area contributed by atoms with Gasteiger partial charge in [-0.05, 0) is 30.2 Å². The van der Waals surface area contributed by atoms with Crippen LogP contribution in [0.15, 0.2) is 11.4 Å². The van der Waals surface area contributed by atoms with Crippen molar-refractivity contribution in [1.29, 1.82) is 0 Å². The van der Waals surface area contributed by atoms with E-state index < -0.39 is 0 Å². The molecule has 0 unspecified atom stereocenters. The van der Waals surface area contributed by atoms with Crippen molar-refractivity contribution >= 4 is 17.2 Å². The third-order valence-electron chi connectivity index (χ3n) is 2.97. The molecule has 1 aliphatic carbocycles. The molecule has 1 fully saturated rings. The van der Waals surface area contributed by atoms with Gasteiger partial charge in [0, 0.05) is 12.1 Å². The van der Waals surface area contributed by atoms with Gasteiger partial charge in [-0.3, -0.25) is 4.79 Å². The third-order valence-corrected chi connectivity index (χ3v) is 3.89. The highest BCUT2D eigenvalue weighted by Crippen LogP contribution is 2.25. The molecule has 17 heavy (non-hydrogen) atoms. The summed E-state index contributed by atoms with van der Waals surface area (Å²) < 4.78 is 0. The molecule has 1 aromatic heterocycles. The zero-order valence-corrected chi connectivity index (χ0v) is 10.5. The molecule has 0 saturated heterocycles. The number of thiophene rings is 1. The number of rotatable bonds is 3. The van der Waals surface area contributed by atoms with Crippen LogP contribution in [0.25, 0.3) is 0 Å². The summed E-state index contributed by atoms with van der Waals surface area (Å²) in [6, 6.07) is 1.87. The molecular formula is C13H16N2OS. The Morgan fingerprint density at radius 2 is 2.41 bits per heavy atom. The van der Waals surface area contributed by atoms with Gasteiger partial charge in [0.25, 0.3) is 5.91 Å². The maximum Gasteiger partial charge on any atom is 0.262 e.